The van der Waals surface area contributed by atoms with Gasteiger partial charge >= 0.3 is 5.97 Å². The Bertz CT molecular complexity index is 767. The summed E-state index contributed by atoms with van der Waals surface area (Å²) < 4.78 is 11.3. The van der Waals surface area contributed by atoms with Gasteiger partial charge in [-0.25, -0.2) is 4.79 Å². The van der Waals surface area contributed by atoms with E-state index in [1.807, 2.05) is 17.0 Å². The first kappa shape index (κ1) is 19.9. The van der Waals surface area contributed by atoms with E-state index in [1.165, 1.54) is 19.3 Å². The van der Waals surface area contributed by atoms with Gasteiger partial charge in [-0.3, -0.25) is 4.79 Å². The van der Waals surface area contributed by atoms with E-state index >= 15 is 0 Å². The third kappa shape index (κ3) is 3.61. The molecule has 0 aromatic heterocycles. The van der Waals surface area contributed by atoms with Crippen LogP contribution in [0.15, 0.2) is 24.3 Å². The minimum atomic E-state index is -0.443. The number of nitrogens with zero attached hydrogens (tertiary/aromatic N) is 1. The molecule has 1 aromatic carbocycles. The SMILES string of the molecule is CCCOc1ccc(OC(=O)C2CCCN2C(=O)C23CC4CC(CC(C4)C2)C3)cc1. The molecule has 5 heteroatoms. The van der Waals surface area contributed by atoms with Crippen LogP contribution in [0.2, 0.25) is 0 Å². The lowest BCUT2D eigenvalue weighted by Crippen LogP contribution is -2.56. The molecule has 1 unspecified atom stereocenters. The van der Waals surface area contributed by atoms with E-state index < -0.39 is 6.04 Å². The second kappa shape index (κ2) is 7.90. The molecule has 5 nitrogen and oxygen atoms in total. The van der Waals surface area contributed by atoms with Gasteiger partial charge < -0.3 is 14.4 Å². The minimum absolute atomic E-state index is 0.199. The lowest BCUT2D eigenvalue weighted by molar-refractivity contribution is -0.162. The molecule has 5 fully saturated rings. The predicted molar refractivity (Wildman–Crippen MR) is 113 cm³/mol. The summed E-state index contributed by atoms with van der Waals surface area (Å²) in [7, 11) is 0. The van der Waals surface area contributed by atoms with Gasteiger partial charge in [-0.05, 0) is 99.8 Å². The number of benzene rings is 1. The van der Waals surface area contributed by atoms with Crippen molar-refractivity contribution in [1.29, 1.82) is 0 Å². The zero-order valence-corrected chi connectivity index (χ0v) is 18.0. The van der Waals surface area contributed by atoms with Gasteiger partial charge in [-0.2, -0.15) is 0 Å². The number of ether oxygens (including phenoxy) is 2. The minimum Gasteiger partial charge on any atom is -0.494 e. The molecule has 1 aromatic rings. The summed E-state index contributed by atoms with van der Waals surface area (Å²) in [5.74, 6) is 3.40. The van der Waals surface area contributed by atoms with E-state index in [0.717, 1.165) is 55.6 Å². The molecule has 1 amide bonds. The first-order valence-electron chi connectivity index (χ1n) is 11.8. The van der Waals surface area contributed by atoms with Crippen molar-refractivity contribution in [2.24, 2.45) is 23.2 Å². The van der Waals surface area contributed by atoms with Gasteiger partial charge in [0.15, 0.2) is 0 Å². The lowest BCUT2D eigenvalue weighted by atomic mass is 9.49. The average molecular weight is 412 g/mol. The molecular formula is C25H33NO4. The van der Waals surface area contributed by atoms with E-state index in [4.69, 9.17) is 9.47 Å². The summed E-state index contributed by atoms with van der Waals surface area (Å²) in [5.41, 5.74) is -0.199. The lowest BCUT2D eigenvalue weighted by Gasteiger charge is -2.56. The molecular weight excluding hydrogens is 378 g/mol. The van der Waals surface area contributed by atoms with E-state index in [-0.39, 0.29) is 17.3 Å². The molecule has 5 aliphatic rings. The third-order valence-corrected chi connectivity index (χ3v) is 7.79. The van der Waals surface area contributed by atoms with Crippen molar-refractivity contribution in [3.63, 3.8) is 0 Å². The zero-order valence-electron chi connectivity index (χ0n) is 18.0. The molecule has 0 radical (unpaired) electrons. The maximum Gasteiger partial charge on any atom is 0.334 e. The number of carbonyl (C=O) groups is 2. The first-order chi connectivity index (χ1) is 14.6. The Morgan fingerprint density at radius 1 is 1.00 bits per heavy atom. The average Bonchev–Trinajstić information content (AvgIpc) is 3.21. The molecule has 4 bridgehead atoms. The van der Waals surface area contributed by atoms with Crippen molar-refractivity contribution in [3.8, 4) is 11.5 Å². The summed E-state index contributed by atoms with van der Waals surface area (Å²) in [6.45, 7) is 3.42. The second-order valence-electron chi connectivity index (χ2n) is 10.1. The highest BCUT2D eigenvalue weighted by Gasteiger charge is 2.57. The number of carbonyl (C=O) groups excluding carboxylic acids is 2. The quantitative estimate of drug-likeness (QED) is 0.508. The molecule has 162 valence electrons. The largest absolute Gasteiger partial charge is 0.494 e. The number of likely N-dealkylation sites (tertiary alicyclic amines) is 1. The van der Waals surface area contributed by atoms with Crippen LogP contribution in [0, 0.1) is 23.2 Å². The van der Waals surface area contributed by atoms with Crippen molar-refractivity contribution in [3.05, 3.63) is 24.3 Å². The Morgan fingerprint density at radius 2 is 1.60 bits per heavy atom. The molecule has 1 aliphatic heterocycles. The van der Waals surface area contributed by atoms with E-state index in [9.17, 15) is 9.59 Å². The van der Waals surface area contributed by atoms with Gasteiger partial charge in [0.05, 0.1) is 12.0 Å². The van der Waals surface area contributed by atoms with Crippen LogP contribution in [0.1, 0.15) is 64.7 Å². The van der Waals surface area contributed by atoms with Crippen LogP contribution >= 0.6 is 0 Å². The predicted octanol–water partition coefficient (Wildman–Crippen LogP) is 4.59. The summed E-state index contributed by atoms with van der Waals surface area (Å²) in [6.07, 6.45) is 9.59. The Balaban J connectivity index is 1.26. The van der Waals surface area contributed by atoms with Crippen LogP contribution in [0.25, 0.3) is 0 Å². The third-order valence-electron chi connectivity index (χ3n) is 7.79. The number of rotatable bonds is 6. The molecule has 0 spiro atoms. The maximum absolute atomic E-state index is 13.7. The molecule has 1 atom stereocenters. The highest BCUT2D eigenvalue weighted by Crippen LogP contribution is 2.60. The number of hydrogen-bond acceptors (Lipinski definition) is 4. The van der Waals surface area contributed by atoms with Gasteiger partial charge in [0.1, 0.15) is 17.5 Å². The first-order valence-corrected chi connectivity index (χ1v) is 11.8. The molecule has 1 saturated heterocycles. The van der Waals surface area contributed by atoms with Crippen LogP contribution in [-0.2, 0) is 9.59 Å². The fraction of sp³-hybridized carbons (Fsp3) is 0.680. The second-order valence-corrected chi connectivity index (χ2v) is 10.1. The molecule has 1 heterocycles. The maximum atomic E-state index is 13.7. The molecule has 4 aliphatic carbocycles. The fourth-order valence-electron chi connectivity index (χ4n) is 6.94. The van der Waals surface area contributed by atoms with Crippen molar-refractivity contribution in [2.75, 3.05) is 13.2 Å². The van der Waals surface area contributed by atoms with Gasteiger partial charge in [0, 0.05) is 6.54 Å². The summed E-state index contributed by atoms with van der Waals surface area (Å²) in [6, 6.07) is 6.74. The van der Waals surface area contributed by atoms with Crippen LogP contribution < -0.4 is 9.47 Å². The monoisotopic (exact) mass is 411 g/mol. The normalized spacial score (nSPS) is 34.2. The van der Waals surface area contributed by atoms with Gasteiger partial charge in [-0.15, -0.1) is 0 Å². The number of hydrogen-bond donors (Lipinski definition) is 0. The zero-order chi connectivity index (χ0) is 20.7. The van der Waals surface area contributed by atoms with Gasteiger partial charge in [0.2, 0.25) is 5.91 Å². The highest BCUT2D eigenvalue weighted by molar-refractivity contribution is 5.89. The van der Waals surface area contributed by atoms with Crippen LogP contribution in [0.5, 0.6) is 11.5 Å². The Kier molecular flexibility index (Phi) is 5.24. The van der Waals surface area contributed by atoms with Crippen LogP contribution in [0.4, 0.5) is 0 Å². The van der Waals surface area contributed by atoms with E-state index in [0.29, 0.717) is 25.3 Å². The van der Waals surface area contributed by atoms with E-state index in [2.05, 4.69) is 6.92 Å². The van der Waals surface area contributed by atoms with Gasteiger partial charge in [0.25, 0.3) is 0 Å². The summed E-state index contributed by atoms with van der Waals surface area (Å²) in [4.78, 5) is 28.5. The molecule has 6 rings (SSSR count). The molecule has 30 heavy (non-hydrogen) atoms. The Hall–Kier alpha value is -2.04. The van der Waals surface area contributed by atoms with Crippen molar-refractivity contribution < 1.29 is 19.1 Å². The summed E-state index contributed by atoms with van der Waals surface area (Å²) >= 11 is 0. The Labute approximate surface area is 179 Å². The number of esters is 1. The molecule has 0 N–H and O–H groups in total. The Morgan fingerprint density at radius 3 is 2.20 bits per heavy atom. The number of amides is 1. The van der Waals surface area contributed by atoms with Crippen molar-refractivity contribution >= 4 is 11.9 Å². The molecule has 4 saturated carbocycles. The smallest absolute Gasteiger partial charge is 0.334 e. The summed E-state index contributed by atoms with van der Waals surface area (Å²) in [5, 5.41) is 0. The van der Waals surface area contributed by atoms with Gasteiger partial charge in [-0.1, -0.05) is 6.92 Å². The fourth-order valence-corrected chi connectivity index (χ4v) is 6.94. The topological polar surface area (TPSA) is 55.8 Å². The van der Waals surface area contributed by atoms with Crippen molar-refractivity contribution in [2.45, 2.75) is 70.8 Å². The van der Waals surface area contributed by atoms with Crippen molar-refractivity contribution in [1.82, 2.24) is 4.90 Å². The highest BCUT2D eigenvalue weighted by atomic mass is 16.5. The van der Waals surface area contributed by atoms with E-state index in [1.54, 1.807) is 12.1 Å². The van der Waals surface area contributed by atoms with Crippen LogP contribution in [0.3, 0.4) is 0 Å². The van der Waals surface area contributed by atoms with Crippen LogP contribution in [-0.4, -0.2) is 36.0 Å². The standard InChI is InChI=1S/C25H33NO4/c1-2-10-29-20-5-7-21(8-6-20)30-23(27)22-4-3-9-26(22)24(28)25-14-17-11-18(15-25)13-19(12-17)16-25/h5-8,17-19,22H,2-4,9-16H2,1H3.